The summed E-state index contributed by atoms with van der Waals surface area (Å²) in [5, 5.41) is 0. The number of rotatable bonds is 64. The maximum Gasteiger partial charge on any atom is 0.501 e. The fourth-order valence-corrected chi connectivity index (χ4v) is 8.79. The Bertz CT molecular complexity index is 1260. The molecule has 0 atom stereocenters. The summed E-state index contributed by atoms with van der Waals surface area (Å²) in [5.41, 5.74) is 0.965. The molecule has 0 aliphatic carbocycles. The molecule has 444 valence electrons. The molecule has 0 aromatic heterocycles. The molecule has 0 radical (unpaired) electrons. The molecule has 23 heteroatoms. The molecule has 0 N–H and O–H groups in total. The summed E-state index contributed by atoms with van der Waals surface area (Å²) >= 11 is 0. The molecule has 0 amide bonds. The van der Waals surface area contributed by atoms with Crippen LogP contribution in [0, 0.1) is 0 Å². The summed E-state index contributed by atoms with van der Waals surface area (Å²) in [6.45, 7) is 27.1. The van der Waals surface area contributed by atoms with Gasteiger partial charge in [-0.1, -0.05) is 6.92 Å². The van der Waals surface area contributed by atoms with Crippen molar-refractivity contribution >= 4 is 8.80 Å². The summed E-state index contributed by atoms with van der Waals surface area (Å²) in [7, 11) is -1.06. The van der Waals surface area contributed by atoms with E-state index in [1.54, 1.807) is 7.11 Å². The largest absolute Gasteiger partial charge is 0.501 e. The van der Waals surface area contributed by atoms with Gasteiger partial charge in [-0.15, -0.1) is 0 Å². The highest BCUT2D eigenvalue weighted by atomic mass is 28.4. The second-order valence-corrected chi connectivity index (χ2v) is 18.6. The third kappa shape index (κ3) is 49.0. The Labute approximate surface area is 450 Å². The zero-order chi connectivity index (χ0) is 53.9. The number of hydrogen-bond donors (Lipinski definition) is 0. The standard InChI is InChI=1S/C52H100O22Si/c1-6-11-70-51-46-50(47-52(48-51)71-12-10-45-75(72-7-2,73-8-3)74-9-4)49-69-44-43-68-42-41-67-40-39-66-38-37-65-36-35-64-34-33-63-32-31-62-30-29-61-28-27-60-26-25-59-24-23-58-22-21-57-20-19-56-18-17-55-16-15-54-14-13-53-5/h46-48H,6-45,49H2,1-5H3. The molecule has 0 heterocycles. The molecule has 0 saturated carbocycles. The number of methoxy groups -OCH3 is 1. The Kier molecular flexibility index (Phi) is 55.5. The van der Waals surface area contributed by atoms with E-state index in [2.05, 4.69) is 6.92 Å². The minimum absolute atomic E-state index is 0.410. The maximum atomic E-state index is 6.13. The van der Waals surface area contributed by atoms with Crippen molar-refractivity contribution in [1.82, 2.24) is 0 Å². The van der Waals surface area contributed by atoms with Gasteiger partial charge in [-0.25, -0.2) is 0 Å². The van der Waals surface area contributed by atoms with Crippen molar-refractivity contribution in [3.8, 4) is 11.5 Å². The molecule has 0 aliphatic rings. The van der Waals surface area contributed by atoms with Crippen molar-refractivity contribution < 1.29 is 103 Å². The number of benzene rings is 1. The van der Waals surface area contributed by atoms with Gasteiger partial charge in [0.2, 0.25) is 0 Å². The zero-order valence-corrected chi connectivity index (χ0v) is 47.7. The molecule has 22 nitrogen and oxygen atoms in total. The van der Waals surface area contributed by atoms with E-state index in [4.69, 9.17) is 103 Å². The lowest BCUT2D eigenvalue weighted by Crippen LogP contribution is -2.46. The van der Waals surface area contributed by atoms with E-state index in [-0.39, 0.29) is 0 Å². The maximum absolute atomic E-state index is 6.13. The Balaban J connectivity index is 1.80. The first kappa shape index (κ1) is 71.3. The second-order valence-electron chi connectivity index (χ2n) is 15.8. The lowest BCUT2D eigenvalue weighted by Gasteiger charge is -2.28. The molecule has 0 spiro atoms. The molecule has 0 aliphatic heterocycles. The van der Waals surface area contributed by atoms with Crippen molar-refractivity contribution in [2.24, 2.45) is 0 Å². The molecule has 0 bridgehead atoms. The van der Waals surface area contributed by atoms with Crippen LogP contribution < -0.4 is 9.47 Å². The predicted molar refractivity (Wildman–Crippen MR) is 282 cm³/mol. The third-order valence-electron chi connectivity index (χ3n) is 9.68. The second kappa shape index (κ2) is 58.4. The summed E-state index contributed by atoms with van der Waals surface area (Å²) in [6, 6.07) is 6.57. The predicted octanol–water partition coefficient (Wildman–Crippen LogP) is 4.70. The monoisotopic (exact) mass is 1100 g/mol. The summed E-state index contributed by atoms with van der Waals surface area (Å²) in [6.07, 6.45) is 1.66. The highest BCUT2D eigenvalue weighted by Gasteiger charge is 2.39. The average Bonchev–Trinajstić information content (AvgIpc) is 3.41. The van der Waals surface area contributed by atoms with Gasteiger partial charge in [0.05, 0.1) is 231 Å². The van der Waals surface area contributed by atoms with Gasteiger partial charge in [0, 0.05) is 39.0 Å². The molecule has 75 heavy (non-hydrogen) atoms. The molecule has 0 fully saturated rings. The van der Waals surface area contributed by atoms with Gasteiger partial charge in [0.15, 0.2) is 0 Å². The molecule has 1 rings (SSSR count). The van der Waals surface area contributed by atoms with E-state index in [1.807, 2.05) is 39.0 Å². The molecular weight excluding hydrogens is 1000 g/mol. The van der Waals surface area contributed by atoms with E-state index in [0.717, 1.165) is 29.9 Å². The highest BCUT2D eigenvalue weighted by Crippen LogP contribution is 2.25. The average molecular weight is 1110 g/mol. The summed E-state index contributed by atoms with van der Waals surface area (Å²) < 4.78 is 123. The van der Waals surface area contributed by atoms with E-state index in [9.17, 15) is 0 Å². The lowest BCUT2D eigenvalue weighted by atomic mass is 10.2. The molecule has 1 aromatic carbocycles. The van der Waals surface area contributed by atoms with E-state index < -0.39 is 8.80 Å². The Morgan fingerprint density at radius 2 is 0.547 bits per heavy atom. The quantitative estimate of drug-likeness (QED) is 0.0641. The van der Waals surface area contributed by atoms with Crippen LogP contribution in [-0.2, 0) is 100 Å². The summed E-state index contributed by atoms with van der Waals surface area (Å²) in [4.78, 5) is 0. The first-order valence-electron chi connectivity index (χ1n) is 27.2. The van der Waals surface area contributed by atoms with Gasteiger partial charge in [-0.2, -0.15) is 0 Å². The van der Waals surface area contributed by atoms with E-state index >= 15 is 0 Å². The first-order valence-corrected chi connectivity index (χ1v) is 29.1. The minimum atomic E-state index is -2.71. The van der Waals surface area contributed by atoms with Crippen molar-refractivity contribution in [1.29, 1.82) is 0 Å². The van der Waals surface area contributed by atoms with Gasteiger partial charge in [0.1, 0.15) is 11.5 Å². The fourth-order valence-electron chi connectivity index (χ4n) is 6.21. The van der Waals surface area contributed by atoms with Crippen LogP contribution in [0.4, 0.5) is 0 Å². The van der Waals surface area contributed by atoms with Crippen molar-refractivity contribution in [3.63, 3.8) is 0 Å². The van der Waals surface area contributed by atoms with Gasteiger partial charge in [-0.05, 0) is 51.3 Å². The number of ether oxygens (including phenoxy) is 19. The van der Waals surface area contributed by atoms with Gasteiger partial charge < -0.3 is 103 Å². The van der Waals surface area contributed by atoms with Crippen LogP contribution in [0.2, 0.25) is 6.04 Å². The Morgan fingerprint density at radius 3 is 0.800 bits per heavy atom. The highest BCUT2D eigenvalue weighted by molar-refractivity contribution is 6.60. The van der Waals surface area contributed by atoms with Crippen LogP contribution in [0.15, 0.2) is 18.2 Å². The molecule has 0 saturated heterocycles. The fraction of sp³-hybridized carbons (Fsp3) is 0.885. The van der Waals surface area contributed by atoms with Crippen LogP contribution in [0.25, 0.3) is 0 Å². The Hall–Kier alpha value is -1.76. The van der Waals surface area contributed by atoms with Crippen molar-refractivity contribution in [2.45, 2.75) is 53.2 Å². The Morgan fingerprint density at radius 1 is 0.293 bits per heavy atom. The van der Waals surface area contributed by atoms with Crippen molar-refractivity contribution in [2.75, 3.05) is 252 Å². The minimum Gasteiger partial charge on any atom is -0.493 e. The van der Waals surface area contributed by atoms with Crippen molar-refractivity contribution in [3.05, 3.63) is 23.8 Å². The van der Waals surface area contributed by atoms with Crippen LogP contribution >= 0.6 is 0 Å². The SMILES string of the molecule is CCCOc1cc(COCCOCCOCCOCCOCCOCCOCCOCCOCCOCCOCCOCCOCCOCCOCCOCCOC)cc(OCCC[Si](OCC)(OCC)OCC)c1. The number of hydrogen-bond acceptors (Lipinski definition) is 22. The van der Waals surface area contributed by atoms with Gasteiger partial charge >= 0.3 is 8.80 Å². The third-order valence-corrected chi connectivity index (χ3v) is 12.8. The van der Waals surface area contributed by atoms with E-state index in [1.165, 1.54) is 0 Å². The van der Waals surface area contributed by atoms with Crippen LogP contribution in [0.5, 0.6) is 11.5 Å². The molecular formula is C52H100O22Si. The lowest BCUT2D eigenvalue weighted by molar-refractivity contribution is -0.0306. The van der Waals surface area contributed by atoms with Crippen LogP contribution in [0.1, 0.15) is 46.1 Å². The zero-order valence-electron chi connectivity index (χ0n) is 46.7. The smallest absolute Gasteiger partial charge is 0.493 e. The van der Waals surface area contributed by atoms with Gasteiger partial charge in [-0.3, -0.25) is 0 Å². The van der Waals surface area contributed by atoms with E-state index in [0.29, 0.717) is 257 Å². The normalized spacial score (nSPS) is 11.9. The molecule has 0 unspecified atom stereocenters. The summed E-state index contributed by atoms with van der Waals surface area (Å²) in [5.74, 6) is 1.49. The van der Waals surface area contributed by atoms with Crippen LogP contribution in [0.3, 0.4) is 0 Å². The van der Waals surface area contributed by atoms with Crippen LogP contribution in [-0.4, -0.2) is 260 Å². The molecule has 1 aromatic rings. The van der Waals surface area contributed by atoms with Gasteiger partial charge in [0.25, 0.3) is 0 Å². The topological polar surface area (TPSA) is 203 Å². The first-order chi connectivity index (χ1) is 37.1.